The predicted molar refractivity (Wildman–Crippen MR) is 69.7 cm³/mol. The fourth-order valence-electron chi connectivity index (χ4n) is 2.01. The molecule has 0 aromatic rings. The van der Waals surface area contributed by atoms with E-state index < -0.39 is 34.8 Å². The highest BCUT2D eigenvalue weighted by Gasteiger charge is 2.28. The Hall–Kier alpha value is -0.0500. The van der Waals surface area contributed by atoms with Gasteiger partial charge in [0.1, 0.15) is 0 Å². The molecule has 0 saturated heterocycles. The summed E-state index contributed by atoms with van der Waals surface area (Å²) in [6, 6.07) is -0.0725. The number of alkyl halides is 3. The van der Waals surface area contributed by atoms with Crippen LogP contribution >= 0.6 is 12.4 Å². The van der Waals surface area contributed by atoms with Crippen LogP contribution in [0.2, 0.25) is 0 Å². The smallest absolute Gasteiger partial charge is 0.328 e. The lowest BCUT2D eigenvalue weighted by Crippen LogP contribution is -2.41. The van der Waals surface area contributed by atoms with E-state index >= 15 is 0 Å². The van der Waals surface area contributed by atoms with Crippen LogP contribution in [0, 0.1) is 0 Å². The number of sulfonamides is 1. The number of nitrogens with two attached hydrogens (primary N) is 1. The minimum Gasteiger partial charge on any atom is -0.328 e. The standard InChI is InChI=1S/C10H19F3N2O2S.ClH/c11-10(12,13)6-1-7-18(16,17)15-9-4-2-8(14)3-5-9;/h8-9,15H,1-7,14H2;1H. The maximum atomic E-state index is 11.9. The summed E-state index contributed by atoms with van der Waals surface area (Å²) < 4.78 is 61.3. The topological polar surface area (TPSA) is 72.2 Å². The second-order valence-corrected chi connectivity index (χ2v) is 6.64. The summed E-state index contributed by atoms with van der Waals surface area (Å²) in [7, 11) is -3.61. The molecule has 0 unspecified atom stereocenters. The van der Waals surface area contributed by atoms with E-state index in [9.17, 15) is 21.6 Å². The van der Waals surface area contributed by atoms with Crippen molar-refractivity contribution in [1.82, 2.24) is 4.72 Å². The molecule has 0 atom stereocenters. The molecule has 0 amide bonds. The van der Waals surface area contributed by atoms with Gasteiger partial charge in [0.05, 0.1) is 5.75 Å². The molecule has 1 fully saturated rings. The average molecular weight is 325 g/mol. The summed E-state index contributed by atoms with van der Waals surface area (Å²) in [5, 5.41) is 0. The van der Waals surface area contributed by atoms with Crippen molar-refractivity contribution in [2.75, 3.05) is 5.75 Å². The normalized spacial score (nSPS) is 24.8. The molecule has 0 aliphatic heterocycles. The molecule has 0 radical (unpaired) electrons. The van der Waals surface area contributed by atoms with E-state index in [1.54, 1.807) is 0 Å². The number of halogens is 4. The number of rotatable bonds is 5. The van der Waals surface area contributed by atoms with Gasteiger partial charge in [-0.15, -0.1) is 12.4 Å². The van der Waals surface area contributed by atoms with Gasteiger partial charge in [0, 0.05) is 18.5 Å². The second-order valence-electron chi connectivity index (χ2n) is 4.77. The lowest BCUT2D eigenvalue weighted by atomic mass is 9.93. The summed E-state index contributed by atoms with van der Waals surface area (Å²) in [6.07, 6.45) is -2.97. The maximum absolute atomic E-state index is 11.9. The van der Waals surface area contributed by atoms with E-state index in [2.05, 4.69) is 4.72 Å². The van der Waals surface area contributed by atoms with Gasteiger partial charge in [-0.1, -0.05) is 0 Å². The third kappa shape index (κ3) is 8.67. The molecule has 19 heavy (non-hydrogen) atoms. The van der Waals surface area contributed by atoms with Crippen molar-refractivity contribution in [3.05, 3.63) is 0 Å². The molecule has 4 nitrogen and oxygen atoms in total. The van der Waals surface area contributed by atoms with Crippen molar-refractivity contribution < 1.29 is 21.6 Å². The molecule has 0 heterocycles. The zero-order chi connectivity index (χ0) is 13.8. The maximum Gasteiger partial charge on any atom is 0.389 e. The van der Waals surface area contributed by atoms with Gasteiger partial charge in [0.15, 0.2) is 0 Å². The van der Waals surface area contributed by atoms with E-state index in [-0.39, 0.29) is 24.5 Å². The minimum absolute atomic E-state index is 0. The van der Waals surface area contributed by atoms with Gasteiger partial charge in [-0.25, -0.2) is 13.1 Å². The lowest BCUT2D eigenvalue weighted by Gasteiger charge is -2.26. The minimum atomic E-state index is -4.30. The Morgan fingerprint density at radius 1 is 1.16 bits per heavy atom. The van der Waals surface area contributed by atoms with Gasteiger partial charge in [-0.05, 0) is 32.1 Å². The largest absolute Gasteiger partial charge is 0.389 e. The quantitative estimate of drug-likeness (QED) is 0.811. The summed E-state index contributed by atoms with van der Waals surface area (Å²) in [4.78, 5) is 0. The van der Waals surface area contributed by atoms with Gasteiger partial charge in [-0.2, -0.15) is 13.2 Å². The molecule has 0 bridgehead atoms. The molecule has 3 N–H and O–H groups in total. The summed E-state index contributed by atoms with van der Waals surface area (Å²) in [5.41, 5.74) is 5.69. The van der Waals surface area contributed by atoms with E-state index in [1.807, 2.05) is 0 Å². The lowest BCUT2D eigenvalue weighted by molar-refractivity contribution is -0.134. The van der Waals surface area contributed by atoms with Crippen molar-refractivity contribution in [3.8, 4) is 0 Å². The summed E-state index contributed by atoms with van der Waals surface area (Å²) in [6.45, 7) is 0. The fraction of sp³-hybridized carbons (Fsp3) is 1.00. The van der Waals surface area contributed by atoms with Gasteiger partial charge in [-0.3, -0.25) is 0 Å². The van der Waals surface area contributed by atoms with E-state index in [4.69, 9.17) is 5.73 Å². The van der Waals surface area contributed by atoms with Gasteiger partial charge < -0.3 is 5.73 Å². The van der Waals surface area contributed by atoms with Crippen LogP contribution in [-0.2, 0) is 10.0 Å². The van der Waals surface area contributed by atoms with Crippen LogP contribution in [0.4, 0.5) is 13.2 Å². The molecule has 0 aromatic heterocycles. The average Bonchev–Trinajstić information content (AvgIpc) is 2.18. The molecule has 1 aliphatic rings. The van der Waals surface area contributed by atoms with Gasteiger partial charge in [0.2, 0.25) is 10.0 Å². The molecule has 0 spiro atoms. The van der Waals surface area contributed by atoms with Gasteiger partial charge in [0.25, 0.3) is 0 Å². The van der Waals surface area contributed by atoms with Gasteiger partial charge >= 0.3 is 6.18 Å². The molecule has 0 aromatic carbocycles. The van der Waals surface area contributed by atoms with Crippen molar-refractivity contribution in [2.24, 2.45) is 5.73 Å². The SMILES string of the molecule is Cl.NC1CCC(NS(=O)(=O)CCCC(F)(F)F)CC1. The number of nitrogens with one attached hydrogen (secondary N) is 1. The van der Waals surface area contributed by atoms with E-state index in [0.717, 1.165) is 12.8 Å². The Morgan fingerprint density at radius 3 is 2.16 bits per heavy atom. The zero-order valence-corrected chi connectivity index (χ0v) is 12.1. The first-order chi connectivity index (χ1) is 8.18. The summed E-state index contributed by atoms with van der Waals surface area (Å²) in [5.74, 6) is -0.477. The van der Waals surface area contributed by atoms with Crippen LogP contribution in [0.5, 0.6) is 0 Å². The molecular formula is C10H20ClF3N2O2S. The first-order valence-corrected chi connectivity index (χ1v) is 7.65. The van der Waals surface area contributed by atoms with Crippen molar-refractivity contribution in [3.63, 3.8) is 0 Å². The van der Waals surface area contributed by atoms with Crippen LogP contribution in [0.25, 0.3) is 0 Å². The van der Waals surface area contributed by atoms with Crippen molar-refractivity contribution >= 4 is 22.4 Å². The van der Waals surface area contributed by atoms with Crippen molar-refractivity contribution in [2.45, 2.75) is 56.8 Å². The highest BCUT2D eigenvalue weighted by atomic mass is 35.5. The Bertz CT molecular complexity index is 354. The van der Waals surface area contributed by atoms with Crippen LogP contribution in [-0.4, -0.2) is 32.4 Å². The predicted octanol–water partition coefficient (Wildman–Crippen LogP) is 1.94. The first kappa shape index (κ1) is 18.9. The van der Waals surface area contributed by atoms with E-state index in [0.29, 0.717) is 12.8 Å². The fourth-order valence-corrected chi connectivity index (χ4v) is 3.40. The molecular weight excluding hydrogens is 305 g/mol. The first-order valence-electron chi connectivity index (χ1n) is 6.00. The number of hydrogen-bond acceptors (Lipinski definition) is 3. The molecule has 9 heteroatoms. The Morgan fingerprint density at radius 2 is 1.68 bits per heavy atom. The Kier molecular flexibility index (Phi) is 7.64. The summed E-state index contributed by atoms with van der Waals surface area (Å²) >= 11 is 0. The van der Waals surface area contributed by atoms with Crippen LogP contribution in [0.3, 0.4) is 0 Å². The number of hydrogen-bond donors (Lipinski definition) is 2. The molecule has 1 rings (SSSR count). The highest BCUT2D eigenvalue weighted by molar-refractivity contribution is 7.89. The molecule has 116 valence electrons. The van der Waals surface area contributed by atoms with E-state index in [1.165, 1.54) is 0 Å². The third-order valence-corrected chi connectivity index (χ3v) is 4.51. The molecule has 1 aliphatic carbocycles. The van der Waals surface area contributed by atoms with Crippen LogP contribution < -0.4 is 10.5 Å². The zero-order valence-electron chi connectivity index (χ0n) is 10.4. The van der Waals surface area contributed by atoms with Crippen molar-refractivity contribution in [1.29, 1.82) is 0 Å². The second kappa shape index (κ2) is 7.66. The third-order valence-electron chi connectivity index (χ3n) is 2.99. The monoisotopic (exact) mass is 324 g/mol. The Balaban J connectivity index is 0.00000324. The van der Waals surface area contributed by atoms with Crippen LogP contribution in [0.15, 0.2) is 0 Å². The van der Waals surface area contributed by atoms with Crippen LogP contribution in [0.1, 0.15) is 38.5 Å². The highest BCUT2D eigenvalue weighted by Crippen LogP contribution is 2.22. The Labute approximate surface area is 117 Å². The molecule has 1 saturated carbocycles.